The van der Waals surface area contributed by atoms with E-state index in [2.05, 4.69) is 13.8 Å². The lowest BCUT2D eigenvalue weighted by molar-refractivity contribution is 0.0505. The fourth-order valence-electron chi connectivity index (χ4n) is 3.06. The normalized spacial score (nSPS) is 27.8. The van der Waals surface area contributed by atoms with Gasteiger partial charge in [-0.1, -0.05) is 19.4 Å². The summed E-state index contributed by atoms with van der Waals surface area (Å²) in [5.74, 6) is 1.32. The van der Waals surface area contributed by atoms with Crippen LogP contribution in [0, 0.1) is 0 Å². The van der Waals surface area contributed by atoms with Crippen molar-refractivity contribution in [3.05, 3.63) is 23.3 Å². The van der Waals surface area contributed by atoms with E-state index >= 15 is 0 Å². The number of epoxide rings is 1. The first-order chi connectivity index (χ1) is 9.61. The number of aryl methyl sites for hydroxylation is 1. The van der Waals surface area contributed by atoms with Gasteiger partial charge in [0.25, 0.3) is 0 Å². The van der Waals surface area contributed by atoms with Gasteiger partial charge in [0, 0.05) is 5.56 Å². The number of fused-ring (bicyclic) bond motifs is 1. The summed E-state index contributed by atoms with van der Waals surface area (Å²) in [6.07, 6.45) is 6.52. The Morgan fingerprint density at radius 1 is 1.40 bits per heavy atom. The van der Waals surface area contributed by atoms with Gasteiger partial charge in [0.15, 0.2) is 0 Å². The van der Waals surface area contributed by atoms with Gasteiger partial charge in [0.1, 0.15) is 17.1 Å². The summed E-state index contributed by atoms with van der Waals surface area (Å²) in [7, 11) is 0. The van der Waals surface area contributed by atoms with Crippen molar-refractivity contribution in [3.63, 3.8) is 0 Å². The third-order valence-corrected chi connectivity index (χ3v) is 4.49. The van der Waals surface area contributed by atoms with Crippen molar-refractivity contribution in [2.45, 2.75) is 64.1 Å². The van der Waals surface area contributed by atoms with Crippen LogP contribution in [0.5, 0.6) is 11.5 Å². The maximum absolute atomic E-state index is 10.1. The fourth-order valence-corrected chi connectivity index (χ4v) is 3.06. The molecule has 1 aromatic rings. The maximum Gasteiger partial charge on any atom is 0.130 e. The number of benzene rings is 1. The van der Waals surface area contributed by atoms with Crippen LogP contribution in [0.25, 0.3) is 0 Å². The van der Waals surface area contributed by atoms with E-state index in [-0.39, 0.29) is 5.60 Å². The zero-order valence-electron chi connectivity index (χ0n) is 12.4. The Kier molecular flexibility index (Phi) is 3.63. The van der Waals surface area contributed by atoms with Gasteiger partial charge in [0.05, 0.1) is 12.7 Å². The Hall–Kier alpha value is -1.22. The Labute approximate surface area is 120 Å². The average Bonchev–Trinajstić information content (AvgIpc) is 3.24. The monoisotopic (exact) mass is 276 g/mol. The van der Waals surface area contributed by atoms with Crippen LogP contribution < -0.4 is 4.74 Å². The molecule has 2 aliphatic rings. The van der Waals surface area contributed by atoms with Crippen LogP contribution in [0.1, 0.15) is 50.7 Å². The number of rotatable bonds is 5. The van der Waals surface area contributed by atoms with Crippen molar-refractivity contribution in [2.75, 3.05) is 6.61 Å². The number of aromatic hydroxyl groups is 1. The second-order valence-corrected chi connectivity index (χ2v) is 6.35. The van der Waals surface area contributed by atoms with Gasteiger partial charge < -0.3 is 14.6 Å². The zero-order valence-corrected chi connectivity index (χ0v) is 12.4. The van der Waals surface area contributed by atoms with Gasteiger partial charge in [0.2, 0.25) is 0 Å². The molecule has 110 valence electrons. The molecule has 1 aromatic carbocycles. The van der Waals surface area contributed by atoms with Gasteiger partial charge in [-0.25, -0.2) is 0 Å². The Bertz CT molecular complexity index is 493. The lowest BCUT2D eigenvalue weighted by Gasteiger charge is -2.37. The summed E-state index contributed by atoms with van der Waals surface area (Å²) >= 11 is 0. The van der Waals surface area contributed by atoms with E-state index in [4.69, 9.17) is 9.47 Å². The second-order valence-electron chi connectivity index (χ2n) is 6.35. The minimum absolute atomic E-state index is 0.116. The van der Waals surface area contributed by atoms with Crippen LogP contribution >= 0.6 is 0 Å². The molecule has 3 nitrogen and oxygen atoms in total. The molecular weight excluding hydrogens is 252 g/mol. The number of ether oxygens (including phenoxy) is 2. The van der Waals surface area contributed by atoms with Crippen molar-refractivity contribution < 1.29 is 14.6 Å². The van der Waals surface area contributed by atoms with Gasteiger partial charge >= 0.3 is 0 Å². The highest BCUT2D eigenvalue weighted by Gasteiger charge is 2.35. The maximum atomic E-state index is 10.1. The molecule has 1 N–H and O–H groups in total. The van der Waals surface area contributed by atoms with E-state index in [1.54, 1.807) is 0 Å². The largest absolute Gasteiger partial charge is 0.508 e. The fraction of sp³-hybridized carbons (Fsp3) is 0.647. The van der Waals surface area contributed by atoms with Gasteiger partial charge in [-0.15, -0.1) is 0 Å². The first kappa shape index (κ1) is 13.7. The first-order valence-electron chi connectivity index (χ1n) is 7.75. The molecule has 3 rings (SSSR count). The molecule has 0 spiro atoms. The summed E-state index contributed by atoms with van der Waals surface area (Å²) in [5, 5.41) is 10.1. The highest BCUT2D eigenvalue weighted by molar-refractivity contribution is 5.51. The molecule has 2 heterocycles. The van der Waals surface area contributed by atoms with Crippen LogP contribution in [0.4, 0.5) is 0 Å². The standard InChI is InChI=1S/C17H24O3/c1-3-4-14-15(18)6-5-12-7-9-17(2,20-16(12)14)10-8-13-11-19-13/h5-6,13,18H,3-4,7-11H2,1-2H3. The predicted octanol–water partition coefficient (Wildman–Crippen LogP) is 3.61. The number of phenolic OH excluding ortho intramolecular Hbond substituents is 1. The molecular formula is C17H24O3. The highest BCUT2D eigenvalue weighted by Crippen LogP contribution is 2.42. The molecule has 3 heteroatoms. The quantitative estimate of drug-likeness (QED) is 0.835. The van der Waals surface area contributed by atoms with Crippen molar-refractivity contribution in [3.8, 4) is 11.5 Å². The number of phenols is 1. The van der Waals surface area contributed by atoms with Crippen LogP contribution in [0.3, 0.4) is 0 Å². The van der Waals surface area contributed by atoms with Crippen molar-refractivity contribution in [1.29, 1.82) is 0 Å². The summed E-state index contributed by atoms with van der Waals surface area (Å²) in [4.78, 5) is 0. The second kappa shape index (κ2) is 5.28. The summed E-state index contributed by atoms with van der Waals surface area (Å²) in [6.45, 7) is 5.23. The van der Waals surface area contributed by atoms with E-state index in [1.807, 2.05) is 12.1 Å². The zero-order chi connectivity index (χ0) is 14.2. The molecule has 0 aliphatic carbocycles. The highest BCUT2D eigenvalue weighted by atomic mass is 16.6. The summed E-state index contributed by atoms with van der Waals surface area (Å²) in [5.41, 5.74) is 2.11. The van der Waals surface area contributed by atoms with E-state index < -0.39 is 0 Å². The van der Waals surface area contributed by atoms with Crippen LogP contribution in [-0.4, -0.2) is 23.4 Å². The van der Waals surface area contributed by atoms with Crippen molar-refractivity contribution in [1.82, 2.24) is 0 Å². The van der Waals surface area contributed by atoms with Crippen molar-refractivity contribution in [2.24, 2.45) is 0 Å². The topological polar surface area (TPSA) is 42.0 Å². The molecule has 0 bridgehead atoms. The molecule has 0 radical (unpaired) electrons. The minimum atomic E-state index is -0.116. The van der Waals surface area contributed by atoms with Gasteiger partial charge in [-0.05, 0) is 50.7 Å². The van der Waals surface area contributed by atoms with Crippen molar-refractivity contribution >= 4 is 0 Å². The Morgan fingerprint density at radius 2 is 2.20 bits per heavy atom. The molecule has 2 unspecified atom stereocenters. The first-order valence-corrected chi connectivity index (χ1v) is 7.75. The Balaban J connectivity index is 1.82. The van der Waals surface area contributed by atoms with Crippen LogP contribution in [0.2, 0.25) is 0 Å². The smallest absolute Gasteiger partial charge is 0.130 e. The predicted molar refractivity (Wildman–Crippen MR) is 78.4 cm³/mol. The van der Waals surface area contributed by atoms with E-state index in [0.29, 0.717) is 11.9 Å². The van der Waals surface area contributed by atoms with Gasteiger partial charge in [-0.2, -0.15) is 0 Å². The lowest BCUT2D eigenvalue weighted by atomic mass is 9.87. The van der Waals surface area contributed by atoms with Crippen LogP contribution in [-0.2, 0) is 17.6 Å². The summed E-state index contributed by atoms with van der Waals surface area (Å²) < 4.78 is 11.6. The molecule has 0 amide bonds. The molecule has 1 saturated heterocycles. The summed E-state index contributed by atoms with van der Waals surface area (Å²) in [6, 6.07) is 3.82. The molecule has 0 aromatic heterocycles. The Morgan fingerprint density at radius 3 is 2.90 bits per heavy atom. The molecule has 2 aliphatic heterocycles. The lowest BCUT2D eigenvalue weighted by Crippen LogP contribution is -2.37. The van der Waals surface area contributed by atoms with E-state index in [0.717, 1.165) is 56.4 Å². The molecule has 20 heavy (non-hydrogen) atoms. The third-order valence-electron chi connectivity index (χ3n) is 4.49. The van der Waals surface area contributed by atoms with Gasteiger partial charge in [-0.3, -0.25) is 0 Å². The minimum Gasteiger partial charge on any atom is -0.508 e. The molecule has 2 atom stereocenters. The van der Waals surface area contributed by atoms with E-state index in [9.17, 15) is 5.11 Å². The number of hydrogen-bond donors (Lipinski definition) is 1. The average molecular weight is 276 g/mol. The number of hydrogen-bond acceptors (Lipinski definition) is 3. The molecule has 1 fully saturated rings. The van der Waals surface area contributed by atoms with E-state index in [1.165, 1.54) is 5.56 Å². The SMILES string of the molecule is CCCc1c(O)ccc2c1OC(C)(CCC1CO1)CC2. The molecule has 0 saturated carbocycles. The van der Waals surface area contributed by atoms with Crippen LogP contribution in [0.15, 0.2) is 12.1 Å². The third kappa shape index (κ3) is 2.78.